The minimum Gasteiger partial charge on any atom is -0.192 e. The first-order valence-corrected chi connectivity index (χ1v) is 20.2. The third-order valence-corrected chi connectivity index (χ3v) is 12.1. The van der Waals surface area contributed by atoms with Crippen LogP contribution in [-0.4, -0.2) is 0 Å². The lowest BCUT2D eigenvalue weighted by atomic mass is 9.86. The van der Waals surface area contributed by atoms with Gasteiger partial charge in [0, 0.05) is 24.7 Å². The minimum absolute atomic E-state index is 0.325. The maximum atomic E-state index is 10.3. The molecule has 3 aromatic carbocycles. The van der Waals surface area contributed by atoms with E-state index in [1.54, 1.807) is 23.5 Å². The Morgan fingerprint density at radius 3 is 1.68 bits per heavy atom. The maximum Gasteiger partial charge on any atom is 0.0999 e. The molecule has 5 rings (SSSR count). The van der Waals surface area contributed by atoms with E-state index in [0.29, 0.717) is 22.3 Å². The molecule has 0 atom stereocenters. The van der Waals surface area contributed by atoms with Crippen molar-refractivity contribution >= 4 is 32.1 Å². The topological polar surface area (TPSA) is 71.4 Å². The van der Waals surface area contributed by atoms with Crippen LogP contribution in [0.5, 0.6) is 0 Å². The van der Waals surface area contributed by atoms with E-state index in [-0.39, 0.29) is 0 Å². The van der Waals surface area contributed by atoms with Crippen LogP contribution in [0.3, 0.4) is 0 Å². The molecule has 0 spiro atoms. The van der Waals surface area contributed by atoms with Gasteiger partial charge < -0.3 is 0 Å². The van der Waals surface area contributed by atoms with Gasteiger partial charge in [0.1, 0.15) is 0 Å². The summed E-state index contributed by atoms with van der Waals surface area (Å²) < 4.78 is 2.56. The van der Waals surface area contributed by atoms with E-state index >= 15 is 0 Å². The van der Waals surface area contributed by atoms with Gasteiger partial charge in [0.2, 0.25) is 0 Å². The predicted octanol–water partition coefficient (Wildman–Crippen LogP) is 14.0. The molecule has 2 heterocycles. The van der Waals surface area contributed by atoms with Gasteiger partial charge in [0.05, 0.1) is 34.9 Å². The monoisotopic (exact) mass is 695 g/mol. The highest BCUT2D eigenvalue weighted by Crippen LogP contribution is 2.43. The zero-order valence-electron chi connectivity index (χ0n) is 30.3. The van der Waals surface area contributed by atoms with E-state index in [2.05, 4.69) is 88.4 Å². The van der Waals surface area contributed by atoms with Gasteiger partial charge in [-0.05, 0) is 121 Å². The quantitative estimate of drug-likeness (QED) is 0.0909. The number of nitrogens with zero attached hydrogens (tertiary/aromatic N) is 3. The van der Waals surface area contributed by atoms with Gasteiger partial charge in [-0.3, -0.25) is 0 Å². The van der Waals surface area contributed by atoms with Crippen molar-refractivity contribution in [3.63, 3.8) is 0 Å². The van der Waals surface area contributed by atoms with E-state index in [0.717, 1.165) is 36.0 Å². The van der Waals surface area contributed by atoms with Gasteiger partial charge in [0.25, 0.3) is 0 Å². The standard InChI is InChI=1S/C45H49N3S2/c1-5-7-9-11-13-15-17-34-26-41(35(19-31(34)3)18-16-14-12-10-8-6-2)36-23-37(42-27-44-43(50-42)20-32(4)49-44)25-38(24-36)45-39(29-47)21-33(28-46)22-40(45)30-48/h19-27H,5-18H2,1-4H3. The van der Waals surface area contributed by atoms with Gasteiger partial charge in [-0.2, -0.15) is 15.8 Å². The van der Waals surface area contributed by atoms with Crippen molar-refractivity contribution in [1.82, 2.24) is 0 Å². The van der Waals surface area contributed by atoms with Crippen LogP contribution in [0.1, 0.15) is 129 Å². The van der Waals surface area contributed by atoms with Crippen LogP contribution in [0.25, 0.3) is 42.1 Å². The molecule has 256 valence electrons. The molecule has 0 N–H and O–H groups in total. The van der Waals surface area contributed by atoms with Crippen molar-refractivity contribution in [2.75, 3.05) is 0 Å². The molecule has 0 unspecified atom stereocenters. The zero-order chi connectivity index (χ0) is 35.5. The molecule has 0 saturated carbocycles. The number of unbranched alkanes of at least 4 members (excludes halogenated alkanes) is 10. The van der Waals surface area contributed by atoms with Gasteiger partial charge in [-0.15, -0.1) is 22.7 Å². The fraction of sp³-hybridized carbons (Fsp3) is 0.400. The fourth-order valence-corrected chi connectivity index (χ4v) is 9.42. The van der Waals surface area contributed by atoms with Crippen molar-refractivity contribution in [2.24, 2.45) is 0 Å². The average molecular weight is 696 g/mol. The summed E-state index contributed by atoms with van der Waals surface area (Å²) in [5.41, 5.74) is 10.1. The number of benzene rings is 3. The normalized spacial score (nSPS) is 11.1. The van der Waals surface area contributed by atoms with Crippen molar-refractivity contribution in [2.45, 2.75) is 118 Å². The molecule has 0 fully saturated rings. The maximum absolute atomic E-state index is 10.3. The Morgan fingerprint density at radius 1 is 0.520 bits per heavy atom. The Bertz CT molecular complexity index is 1990. The number of hydrogen-bond donors (Lipinski definition) is 0. The van der Waals surface area contributed by atoms with Gasteiger partial charge >= 0.3 is 0 Å². The first kappa shape index (κ1) is 37.1. The summed E-state index contributed by atoms with van der Waals surface area (Å²) in [6, 6.07) is 26.0. The number of aryl methyl sites for hydroxylation is 4. The molecular formula is C45H49N3S2. The Labute approximate surface area is 307 Å². The summed E-state index contributed by atoms with van der Waals surface area (Å²) in [7, 11) is 0. The molecule has 50 heavy (non-hydrogen) atoms. The van der Waals surface area contributed by atoms with Crippen LogP contribution in [0.4, 0.5) is 0 Å². The Morgan fingerprint density at radius 2 is 1.08 bits per heavy atom. The molecule has 5 heteroatoms. The van der Waals surface area contributed by atoms with Crippen LogP contribution in [0, 0.1) is 47.8 Å². The number of hydrogen-bond acceptors (Lipinski definition) is 5. The van der Waals surface area contributed by atoms with Crippen molar-refractivity contribution in [1.29, 1.82) is 15.8 Å². The average Bonchev–Trinajstić information content (AvgIpc) is 3.68. The summed E-state index contributed by atoms with van der Waals surface area (Å²) in [6.45, 7) is 8.96. The smallest absolute Gasteiger partial charge is 0.0999 e. The summed E-state index contributed by atoms with van der Waals surface area (Å²) in [5.74, 6) is 0. The molecule has 0 saturated heterocycles. The van der Waals surface area contributed by atoms with E-state index in [4.69, 9.17) is 0 Å². The van der Waals surface area contributed by atoms with Gasteiger partial charge in [0.15, 0.2) is 0 Å². The van der Waals surface area contributed by atoms with Gasteiger partial charge in [-0.1, -0.05) is 90.2 Å². The highest BCUT2D eigenvalue weighted by Gasteiger charge is 2.19. The highest BCUT2D eigenvalue weighted by molar-refractivity contribution is 7.29. The first-order chi connectivity index (χ1) is 24.4. The summed E-state index contributed by atoms with van der Waals surface area (Å²) in [5, 5.41) is 30.2. The molecule has 3 nitrogen and oxygen atoms in total. The zero-order valence-corrected chi connectivity index (χ0v) is 31.9. The second kappa shape index (κ2) is 18.2. The SMILES string of the molecule is CCCCCCCCc1cc(-c2cc(-c3cc4sc(C)cc4s3)cc(-c3c(C#N)cc(C#N)cc3C#N)c2)c(CCCCCCCC)cc1C. The molecule has 2 aromatic heterocycles. The van der Waals surface area contributed by atoms with Crippen LogP contribution in [0.2, 0.25) is 0 Å². The molecule has 0 aliphatic rings. The highest BCUT2D eigenvalue weighted by atomic mass is 32.1. The molecule has 0 amide bonds. The number of thiophene rings is 2. The van der Waals surface area contributed by atoms with E-state index < -0.39 is 0 Å². The van der Waals surface area contributed by atoms with Crippen molar-refractivity contribution < 1.29 is 0 Å². The summed E-state index contributed by atoms with van der Waals surface area (Å²) >= 11 is 3.61. The lowest BCUT2D eigenvalue weighted by Gasteiger charge is -2.18. The Balaban J connectivity index is 1.65. The summed E-state index contributed by atoms with van der Waals surface area (Å²) in [6.07, 6.45) is 17.3. The molecule has 5 aromatic rings. The fourth-order valence-electron chi connectivity index (χ4n) is 7.11. The van der Waals surface area contributed by atoms with E-state index in [1.807, 2.05) is 11.3 Å². The Kier molecular flexibility index (Phi) is 13.5. The molecule has 0 aliphatic carbocycles. The Hall–Kier alpha value is -4.21. The second-order valence-corrected chi connectivity index (χ2v) is 16.1. The lowest BCUT2D eigenvalue weighted by molar-refractivity contribution is 0.605. The van der Waals surface area contributed by atoms with Crippen LogP contribution >= 0.6 is 22.7 Å². The van der Waals surface area contributed by atoms with Crippen molar-refractivity contribution in [3.8, 4) is 50.9 Å². The third-order valence-electron chi connectivity index (χ3n) is 9.82. The van der Waals surface area contributed by atoms with Crippen LogP contribution in [0.15, 0.2) is 54.6 Å². The first-order valence-electron chi connectivity index (χ1n) is 18.6. The molecular weight excluding hydrogens is 647 g/mol. The predicted molar refractivity (Wildman–Crippen MR) is 214 cm³/mol. The minimum atomic E-state index is 0.325. The molecule has 0 aliphatic heterocycles. The van der Waals surface area contributed by atoms with E-state index in [9.17, 15) is 15.8 Å². The largest absolute Gasteiger partial charge is 0.192 e. The number of nitriles is 3. The van der Waals surface area contributed by atoms with Crippen LogP contribution in [-0.2, 0) is 12.8 Å². The molecule has 0 radical (unpaired) electrons. The van der Waals surface area contributed by atoms with Crippen LogP contribution < -0.4 is 0 Å². The number of fused-ring (bicyclic) bond motifs is 1. The van der Waals surface area contributed by atoms with Gasteiger partial charge in [-0.25, -0.2) is 0 Å². The second-order valence-electron chi connectivity index (χ2n) is 13.7. The van der Waals surface area contributed by atoms with Crippen molar-refractivity contribution in [3.05, 3.63) is 92.9 Å². The summed E-state index contributed by atoms with van der Waals surface area (Å²) in [4.78, 5) is 2.48. The van der Waals surface area contributed by atoms with E-state index in [1.165, 1.54) is 112 Å². The molecule has 0 bridgehead atoms. The third kappa shape index (κ3) is 9.11. The lowest BCUT2D eigenvalue weighted by Crippen LogP contribution is -1.99. The number of rotatable bonds is 17.